The second kappa shape index (κ2) is 5.83. The number of aromatic nitrogens is 1. The van der Waals surface area contributed by atoms with Crippen molar-refractivity contribution in [2.75, 3.05) is 38.5 Å². The average molecular weight is 330 g/mol. The molecule has 3 heterocycles. The summed E-state index contributed by atoms with van der Waals surface area (Å²) in [6.07, 6.45) is 0. The Bertz CT molecular complexity index is 942. The fourth-order valence-electron chi connectivity index (χ4n) is 3.92. The number of hydrogen-bond donors (Lipinski definition) is 1. The Balaban J connectivity index is 1.60. The molecule has 0 bridgehead atoms. The van der Waals surface area contributed by atoms with Gasteiger partial charge in [-0.05, 0) is 30.6 Å². The Morgan fingerprint density at radius 3 is 2.64 bits per heavy atom. The van der Waals surface area contributed by atoms with E-state index in [1.165, 1.54) is 22.0 Å². The zero-order valence-electron chi connectivity index (χ0n) is 14.5. The Morgan fingerprint density at radius 1 is 0.960 bits per heavy atom. The summed E-state index contributed by atoms with van der Waals surface area (Å²) in [6, 6.07) is 17.2. The molecule has 0 atom stereocenters. The summed E-state index contributed by atoms with van der Waals surface area (Å²) in [5.74, 6) is 0. The number of anilines is 2. The number of likely N-dealkylation sites (N-methyl/N-ethyl adjacent to an activating group) is 1. The van der Waals surface area contributed by atoms with Crippen LogP contribution in [0, 0.1) is 0 Å². The minimum absolute atomic E-state index is 0.927. The summed E-state index contributed by atoms with van der Waals surface area (Å²) in [7, 11) is 2.20. The molecule has 1 aromatic heterocycles. The number of fused-ring (bicyclic) bond motifs is 2. The highest BCUT2D eigenvalue weighted by Crippen LogP contribution is 2.42. The predicted molar refractivity (Wildman–Crippen MR) is 103 cm³/mol. The molecule has 0 radical (unpaired) electrons. The zero-order chi connectivity index (χ0) is 16.8. The maximum absolute atomic E-state index is 5.09. The van der Waals surface area contributed by atoms with Crippen LogP contribution in [-0.2, 0) is 6.54 Å². The Hall–Kier alpha value is -2.43. The summed E-state index contributed by atoms with van der Waals surface area (Å²) < 4.78 is 0. The van der Waals surface area contributed by atoms with Gasteiger partial charge in [-0.3, -0.25) is 9.88 Å². The van der Waals surface area contributed by atoms with E-state index in [1.807, 2.05) is 0 Å². The van der Waals surface area contributed by atoms with Crippen LogP contribution >= 0.6 is 0 Å². The first-order valence-corrected chi connectivity index (χ1v) is 8.98. The van der Waals surface area contributed by atoms with Gasteiger partial charge < -0.3 is 10.2 Å². The number of rotatable bonds is 2. The Labute approximate surface area is 148 Å². The summed E-state index contributed by atoms with van der Waals surface area (Å²) in [6.45, 7) is 5.43. The molecule has 0 spiro atoms. The van der Waals surface area contributed by atoms with Gasteiger partial charge >= 0.3 is 0 Å². The molecule has 25 heavy (non-hydrogen) atoms. The van der Waals surface area contributed by atoms with E-state index < -0.39 is 0 Å². The fourth-order valence-corrected chi connectivity index (χ4v) is 3.92. The molecule has 0 saturated carbocycles. The molecule has 126 valence electrons. The number of nitrogens with zero attached hydrogens (tertiary/aromatic N) is 3. The van der Waals surface area contributed by atoms with Crippen molar-refractivity contribution in [3.05, 3.63) is 54.2 Å². The van der Waals surface area contributed by atoms with Gasteiger partial charge in [0.15, 0.2) is 0 Å². The largest absolute Gasteiger partial charge is 0.354 e. The molecule has 3 aromatic rings. The smallest absolute Gasteiger partial charge is 0.0826 e. The monoisotopic (exact) mass is 330 g/mol. The standard InChI is InChI=1S/C21H22N4/c1-24-9-11-25(12-10-24)14-16-13-15-5-4-8-19-20(15)21(22-16)17-6-2-3-7-18(17)23-19/h2-8,13,23H,9-12,14H2,1H3. The third-order valence-corrected chi connectivity index (χ3v) is 5.34. The molecule has 0 unspecified atom stereocenters. The number of pyridine rings is 1. The SMILES string of the molecule is CN1CCN(Cc2cc3cccc4c3c(n2)-c2ccccc2N4)CC1. The minimum Gasteiger partial charge on any atom is -0.354 e. The molecule has 2 aliphatic heterocycles. The van der Waals surface area contributed by atoms with E-state index in [1.54, 1.807) is 0 Å². The highest BCUT2D eigenvalue weighted by Gasteiger charge is 2.21. The second-order valence-electron chi connectivity index (χ2n) is 7.12. The second-order valence-corrected chi connectivity index (χ2v) is 7.12. The van der Waals surface area contributed by atoms with Crippen molar-refractivity contribution in [2.45, 2.75) is 6.54 Å². The van der Waals surface area contributed by atoms with Crippen LogP contribution in [0.15, 0.2) is 48.5 Å². The molecular formula is C21H22N4. The third-order valence-electron chi connectivity index (χ3n) is 5.34. The van der Waals surface area contributed by atoms with Crippen molar-refractivity contribution in [2.24, 2.45) is 0 Å². The highest BCUT2D eigenvalue weighted by molar-refractivity contribution is 6.09. The quantitative estimate of drug-likeness (QED) is 0.607. The maximum atomic E-state index is 5.09. The molecule has 1 fully saturated rings. The summed E-state index contributed by atoms with van der Waals surface area (Å²) in [5.41, 5.74) is 5.79. The summed E-state index contributed by atoms with van der Waals surface area (Å²) in [5, 5.41) is 6.07. The van der Waals surface area contributed by atoms with E-state index >= 15 is 0 Å². The topological polar surface area (TPSA) is 31.4 Å². The number of nitrogens with one attached hydrogen (secondary N) is 1. The Kier molecular flexibility index (Phi) is 3.47. The Morgan fingerprint density at radius 2 is 1.76 bits per heavy atom. The van der Waals surface area contributed by atoms with Gasteiger partial charge in [0.25, 0.3) is 0 Å². The molecule has 2 aliphatic rings. The first kappa shape index (κ1) is 14.9. The average Bonchev–Trinajstić information content (AvgIpc) is 2.64. The van der Waals surface area contributed by atoms with Gasteiger partial charge in [0.05, 0.1) is 11.4 Å². The third kappa shape index (κ3) is 2.58. The molecule has 1 saturated heterocycles. The lowest BCUT2D eigenvalue weighted by Crippen LogP contribution is -2.44. The van der Waals surface area contributed by atoms with Crippen molar-refractivity contribution in [1.82, 2.24) is 14.8 Å². The molecular weight excluding hydrogens is 308 g/mol. The van der Waals surface area contributed by atoms with Gasteiger partial charge in [0.2, 0.25) is 0 Å². The van der Waals surface area contributed by atoms with E-state index in [0.29, 0.717) is 0 Å². The van der Waals surface area contributed by atoms with Crippen LogP contribution in [-0.4, -0.2) is 48.0 Å². The van der Waals surface area contributed by atoms with E-state index in [-0.39, 0.29) is 0 Å². The lowest BCUT2D eigenvalue weighted by Gasteiger charge is -2.32. The number of benzene rings is 2. The van der Waals surface area contributed by atoms with E-state index in [9.17, 15) is 0 Å². The van der Waals surface area contributed by atoms with Crippen molar-refractivity contribution in [3.8, 4) is 11.3 Å². The lowest BCUT2D eigenvalue weighted by atomic mass is 9.96. The molecule has 2 aromatic carbocycles. The predicted octanol–water partition coefficient (Wildman–Crippen LogP) is 3.71. The lowest BCUT2D eigenvalue weighted by molar-refractivity contribution is 0.147. The van der Waals surface area contributed by atoms with Crippen LogP contribution in [0.25, 0.3) is 22.0 Å². The van der Waals surface area contributed by atoms with Gasteiger partial charge in [-0.25, -0.2) is 0 Å². The molecule has 1 N–H and O–H groups in total. The number of piperazine rings is 1. The van der Waals surface area contributed by atoms with Gasteiger partial charge in [0.1, 0.15) is 0 Å². The fraction of sp³-hybridized carbons (Fsp3) is 0.286. The van der Waals surface area contributed by atoms with Gasteiger partial charge in [-0.15, -0.1) is 0 Å². The molecule has 4 heteroatoms. The van der Waals surface area contributed by atoms with E-state index in [4.69, 9.17) is 4.98 Å². The normalized spacial score (nSPS) is 17.3. The zero-order valence-corrected chi connectivity index (χ0v) is 14.5. The van der Waals surface area contributed by atoms with Crippen LogP contribution in [0.2, 0.25) is 0 Å². The van der Waals surface area contributed by atoms with Crippen molar-refractivity contribution in [1.29, 1.82) is 0 Å². The highest BCUT2D eigenvalue weighted by atomic mass is 15.2. The van der Waals surface area contributed by atoms with Crippen molar-refractivity contribution < 1.29 is 0 Å². The molecule has 4 nitrogen and oxygen atoms in total. The maximum Gasteiger partial charge on any atom is 0.0826 e. The van der Waals surface area contributed by atoms with E-state index in [0.717, 1.165) is 49.8 Å². The van der Waals surface area contributed by atoms with E-state index in [2.05, 4.69) is 70.7 Å². The van der Waals surface area contributed by atoms with Crippen LogP contribution in [0.4, 0.5) is 11.4 Å². The minimum atomic E-state index is 0.927. The van der Waals surface area contributed by atoms with Crippen LogP contribution in [0.1, 0.15) is 5.69 Å². The number of para-hydroxylation sites is 1. The van der Waals surface area contributed by atoms with Crippen molar-refractivity contribution >= 4 is 22.1 Å². The molecule has 0 amide bonds. The molecule has 5 rings (SSSR count). The first-order valence-electron chi connectivity index (χ1n) is 8.98. The van der Waals surface area contributed by atoms with Crippen LogP contribution in [0.3, 0.4) is 0 Å². The summed E-state index contributed by atoms with van der Waals surface area (Å²) >= 11 is 0. The van der Waals surface area contributed by atoms with Crippen LogP contribution < -0.4 is 5.32 Å². The van der Waals surface area contributed by atoms with Crippen molar-refractivity contribution in [3.63, 3.8) is 0 Å². The molecule has 0 aliphatic carbocycles. The van der Waals surface area contributed by atoms with Gasteiger partial charge in [-0.1, -0.05) is 30.3 Å². The first-order chi connectivity index (χ1) is 12.3. The van der Waals surface area contributed by atoms with Gasteiger partial charge in [-0.2, -0.15) is 0 Å². The number of hydrogen-bond acceptors (Lipinski definition) is 4. The van der Waals surface area contributed by atoms with Gasteiger partial charge in [0, 0.05) is 55.0 Å². The van der Waals surface area contributed by atoms with Crippen LogP contribution in [0.5, 0.6) is 0 Å². The summed E-state index contributed by atoms with van der Waals surface area (Å²) in [4.78, 5) is 9.99.